The normalized spacial score (nSPS) is 14.4. The monoisotopic (exact) mass is 335 g/mol. The van der Waals surface area contributed by atoms with E-state index < -0.39 is 0 Å². The van der Waals surface area contributed by atoms with Crippen molar-refractivity contribution >= 4 is 5.82 Å². The van der Waals surface area contributed by atoms with E-state index >= 15 is 0 Å². The summed E-state index contributed by atoms with van der Waals surface area (Å²) in [5.41, 5.74) is 4.24. The van der Waals surface area contributed by atoms with E-state index in [0.29, 0.717) is 12.2 Å². The topological polar surface area (TPSA) is 57.9 Å². The van der Waals surface area contributed by atoms with Gasteiger partial charge in [-0.25, -0.2) is 4.98 Å². The van der Waals surface area contributed by atoms with Crippen molar-refractivity contribution in [3.63, 3.8) is 0 Å². The predicted octanol–water partition coefficient (Wildman–Crippen LogP) is 4.41. The Morgan fingerprint density at radius 1 is 1.24 bits per heavy atom. The molecule has 1 N–H and O–H groups in total. The van der Waals surface area contributed by atoms with Crippen LogP contribution >= 0.6 is 0 Å². The lowest BCUT2D eigenvalue weighted by atomic mass is 9.95. The molecule has 1 aliphatic carbocycles. The van der Waals surface area contributed by atoms with Gasteiger partial charge in [-0.15, -0.1) is 0 Å². The molecule has 130 valence electrons. The number of benzene rings is 1. The highest BCUT2D eigenvalue weighted by atomic mass is 16.5. The third-order valence-corrected chi connectivity index (χ3v) is 4.67. The molecule has 1 aliphatic rings. The van der Waals surface area contributed by atoms with Gasteiger partial charge in [-0.3, -0.25) is 0 Å². The zero-order valence-electron chi connectivity index (χ0n) is 14.8. The Labute approximate surface area is 149 Å². The van der Waals surface area contributed by atoms with E-state index in [1.54, 1.807) is 0 Å². The Kier molecular flexibility index (Phi) is 6.03. The molecule has 2 aromatic rings. The maximum absolute atomic E-state index is 9.37. The van der Waals surface area contributed by atoms with Gasteiger partial charge in [-0.2, -0.15) is 5.26 Å². The van der Waals surface area contributed by atoms with E-state index in [2.05, 4.69) is 35.4 Å². The fraction of sp³-hybridized carbons (Fsp3) is 0.429. The van der Waals surface area contributed by atoms with Gasteiger partial charge in [0.2, 0.25) is 0 Å². The second kappa shape index (κ2) is 8.64. The molecule has 0 saturated carbocycles. The summed E-state index contributed by atoms with van der Waals surface area (Å²) in [5, 5.41) is 12.7. The highest BCUT2D eigenvalue weighted by Crippen LogP contribution is 2.24. The van der Waals surface area contributed by atoms with Gasteiger partial charge in [0, 0.05) is 18.8 Å². The van der Waals surface area contributed by atoms with E-state index in [0.717, 1.165) is 37.3 Å². The van der Waals surface area contributed by atoms with E-state index in [4.69, 9.17) is 4.74 Å². The number of hydrogen-bond acceptors (Lipinski definition) is 4. The van der Waals surface area contributed by atoms with Gasteiger partial charge in [0.15, 0.2) is 0 Å². The maximum atomic E-state index is 9.37. The average Bonchev–Trinajstić information content (AvgIpc) is 2.67. The number of aryl methyl sites for hydroxylation is 2. The molecule has 1 heterocycles. The van der Waals surface area contributed by atoms with Crippen molar-refractivity contribution in [2.24, 2.45) is 0 Å². The van der Waals surface area contributed by atoms with Crippen molar-refractivity contribution in [2.75, 3.05) is 18.5 Å². The predicted molar refractivity (Wildman–Crippen MR) is 99.5 cm³/mol. The highest BCUT2D eigenvalue weighted by Gasteiger charge is 2.14. The zero-order valence-corrected chi connectivity index (χ0v) is 14.8. The van der Waals surface area contributed by atoms with E-state index in [1.807, 2.05) is 24.3 Å². The molecule has 0 aliphatic heterocycles. The van der Waals surface area contributed by atoms with Gasteiger partial charge < -0.3 is 10.1 Å². The summed E-state index contributed by atoms with van der Waals surface area (Å²) in [6, 6.07) is 14.5. The highest BCUT2D eigenvalue weighted by molar-refractivity contribution is 5.54. The number of anilines is 1. The number of hydrogen-bond donors (Lipinski definition) is 1. The molecule has 0 bridgehead atoms. The van der Waals surface area contributed by atoms with Gasteiger partial charge >= 0.3 is 0 Å². The smallest absolute Gasteiger partial charge is 0.144 e. The summed E-state index contributed by atoms with van der Waals surface area (Å²) in [6.07, 6.45) is 5.43. The second-order valence-electron chi connectivity index (χ2n) is 6.51. The van der Waals surface area contributed by atoms with Gasteiger partial charge in [0.25, 0.3) is 0 Å². The summed E-state index contributed by atoms with van der Waals surface area (Å²) in [4.78, 5) is 4.69. The Bertz CT molecular complexity index is 737. The first-order valence-electron chi connectivity index (χ1n) is 9.11. The fourth-order valence-electron chi connectivity index (χ4n) is 3.21. The average molecular weight is 335 g/mol. The van der Waals surface area contributed by atoms with Crippen LogP contribution in [0.15, 0.2) is 36.4 Å². The number of nitrogens with one attached hydrogen (secondary N) is 1. The summed E-state index contributed by atoms with van der Waals surface area (Å²) >= 11 is 0. The van der Waals surface area contributed by atoms with Crippen LogP contribution < -0.4 is 5.32 Å². The van der Waals surface area contributed by atoms with E-state index in [-0.39, 0.29) is 6.10 Å². The minimum Gasteiger partial charge on any atom is -0.374 e. The van der Waals surface area contributed by atoms with Crippen LogP contribution in [0, 0.1) is 11.3 Å². The lowest BCUT2D eigenvalue weighted by molar-refractivity contribution is 0.0656. The summed E-state index contributed by atoms with van der Waals surface area (Å²) in [7, 11) is 0. The van der Waals surface area contributed by atoms with Gasteiger partial charge in [0.1, 0.15) is 11.9 Å². The van der Waals surface area contributed by atoms with Gasteiger partial charge in [0.05, 0.1) is 11.7 Å². The van der Waals surface area contributed by atoms with Crippen LogP contribution in [0.5, 0.6) is 0 Å². The van der Waals surface area contributed by atoms with Crippen LogP contribution in [0.2, 0.25) is 0 Å². The first kappa shape index (κ1) is 17.4. The van der Waals surface area contributed by atoms with Crippen LogP contribution in [0.4, 0.5) is 5.82 Å². The van der Waals surface area contributed by atoms with E-state index in [1.165, 1.54) is 24.0 Å². The Hall–Kier alpha value is -2.38. The molecule has 1 aromatic carbocycles. The lowest BCUT2D eigenvalue weighted by Gasteiger charge is -2.17. The quantitative estimate of drug-likeness (QED) is 0.761. The largest absolute Gasteiger partial charge is 0.374 e. The summed E-state index contributed by atoms with van der Waals surface area (Å²) in [5.74, 6) is 0.722. The van der Waals surface area contributed by atoms with Crippen molar-refractivity contribution in [1.82, 2.24) is 4.98 Å². The fourth-order valence-corrected chi connectivity index (χ4v) is 3.21. The van der Waals surface area contributed by atoms with Crippen LogP contribution in [-0.2, 0) is 17.6 Å². The zero-order chi connectivity index (χ0) is 17.5. The second-order valence-corrected chi connectivity index (χ2v) is 6.51. The Morgan fingerprint density at radius 3 is 2.84 bits per heavy atom. The van der Waals surface area contributed by atoms with Crippen molar-refractivity contribution in [1.29, 1.82) is 5.26 Å². The van der Waals surface area contributed by atoms with Crippen molar-refractivity contribution < 1.29 is 4.74 Å². The van der Waals surface area contributed by atoms with Crippen molar-refractivity contribution in [3.05, 3.63) is 58.8 Å². The number of nitrogens with zero attached hydrogens (tertiary/aromatic N) is 2. The number of pyridine rings is 1. The van der Waals surface area contributed by atoms with Crippen molar-refractivity contribution in [3.8, 4) is 6.07 Å². The molecular weight excluding hydrogens is 310 g/mol. The molecule has 3 rings (SSSR count). The maximum Gasteiger partial charge on any atom is 0.144 e. The van der Waals surface area contributed by atoms with Gasteiger partial charge in [-0.1, -0.05) is 30.3 Å². The molecule has 1 atom stereocenters. The van der Waals surface area contributed by atoms with E-state index in [9.17, 15) is 5.26 Å². The summed E-state index contributed by atoms with van der Waals surface area (Å²) < 4.78 is 5.89. The molecule has 1 unspecified atom stereocenters. The molecule has 0 spiro atoms. The minimum atomic E-state index is 0.0951. The number of ether oxygens (including phenoxy) is 1. The number of aromatic nitrogens is 1. The number of rotatable bonds is 7. The molecule has 0 radical (unpaired) electrons. The first-order chi connectivity index (χ1) is 12.3. The minimum absolute atomic E-state index is 0.0951. The first-order valence-corrected chi connectivity index (χ1v) is 9.11. The number of nitriles is 1. The molecule has 0 amide bonds. The van der Waals surface area contributed by atoms with Crippen LogP contribution in [-0.4, -0.2) is 18.1 Å². The number of fused-ring (bicyclic) bond motifs is 1. The molecule has 25 heavy (non-hydrogen) atoms. The Morgan fingerprint density at radius 2 is 2.04 bits per heavy atom. The lowest BCUT2D eigenvalue weighted by Crippen LogP contribution is -2.13. The third kappa shape index (κ3) is 4.58. The van der Waals surface area contributed by atoms with Crippen LogP contribution in [0.1, 0.15) is 54.7 Å². The SMILES string of the molecule is CC(OCCCNc1nc2c(cc1C#N)CCCC2)c1ccccc1. The van der Waals surface area contributed by atoms with Crippen LogP contribution in [0.25, 0.3) is 0 Å². The molecule has 4 heteroatoms. The molecule has 1 aromatic heterocycles. The molecule has 0 fully saturated rings. The molecule has 0 saturated heterocycles. The van der Waals surface area contributed by atoms with Crippen LogP contribution in [0.3, 0.4) is 0 Å². The molecular formula is C21H25N3O. The van der Waals surface area contributed by atoms with Crippen molar-refractivity contribution in [2.45, 2.75) is 45.1 Å². The Balaban J connectivity index is 1.48. The third-order valence-electron chi connectivity index (χ3n) is 4.67. The summed E-state index contributed by atoms with van der Waals surface area (Å²) in [6.45, 7) is 3.50. The molecule has 4 nitrogen and oxygen atoms in total. The van der Waals surface area contributed by atoms with Gasteiger partial charge in [-0.05, 0) is 56.2 Å². The standard InChI is InChI=1S/C21H25N3O/c1-16(17-8-3-2-4-9-17)25-13-7-12-23-21-19(15-22)14-18-10-5-6-11-20(18)24-21/h2-4,8-9,14,16H,5-7,10-13H2,1H3,(H,23,24).